The molecule has 1 aliphatic heterocycles. The first kappa shape index (κ1) is 18.0. The number of H-pyrrole nitrogens is 1. The summed E-state index contributed by atoms with van der Waals surface area (Å²) in [6.07, 6.45) is 0.759. The van der Waals surface area contributed by atoms with Gasteiger partial charge >= 0.3 is 0 Å². The van der Waals surface area contributed by atoms with E-state index in [-0.39, 0.29) is 11.8 Å². The second-order valence-corrected chi connectivity index (χ2v) is 6.63. The highest BCUT2D eigenvalue weighted by Gasteiger charge is 2.26. The Morgan fingerprint density at radius 3 is 2.15 bits per heavy atom. The molecule has 3 rings (SSSR count). The number of ether oxygens (including phenoxy) is 1. The number of nitrogens with zero attached hydrogens (tertiary/aromatic N) is 2. The minimum Gasteiger partial charge on any atom is -0.496 e. The summed E-state index contributed by atoms with van der Waals surface area (Å²) >= 11 is 0. The summed E-state index contributed by atoms with van der Waals surface area (Å²) in [6, 6.07) is 9.14. The number of carbonyl (C=O) groups is 2. The van der Waals surface area contributed by atoms with Gasteiger partial charge in [-0.25, -0.2) is 0 Å². The van der Waals surface area contributed by atoms with Crippen molar-refractivity contribution in [3.63, 3.8) is 0 Å². The highest BCUT2D eigenvalue weighted by molar-refractivity contribution is 5.97. The van der Waals surface area contributed by atoms with E-state index in [1.54, 1.807) is 24.1 Å². The molecule has 1 fully saturated rings. The zero-order chi connectivity index (χ0) is 18.7. The van der Waals surface area contributed by atoms with Crippen LogP contribution in [0.4, 0.5) is 0 Å². The van der Waals surface area contributed by atoms with E-state index in [0.717, 1.165) is 17.8 Å². The van der Waals surface area contributed by atoms with Crippen molar-refractivity contribution >= 4 is 11.8 Å². The lowest BCUT2D eigenvalue weighted by molar-refractivity contribution is 0.0716. The largest absolute Gasteiger partial charge is 0.496 e. The number of hydrogen-bond acceptors (Lipinski definition) is 3. The monoisotopic (exact) mass is 355 g/mol. The summed E-state index contributed by atoms with van der Waals surface area (Å²) in [6.45, 7) is 6.19. The molecule has 0 radical (unpaired) electrons. The minimum atomic E-state index is -0.0505. The Bertz CT molecular complexity index is 812. The molecular weight excluding hydrogens is 330 g/mol. The van der Waals surface area contributed by atoms with Gasteiger partial charge in [0.2, 0.25) is 0 Å². The van der Waals surface area contributed by atoms with E-state index >= 15 is 0 Å². The topological polar surface area (TPSA) is 65.6 Å². The number of methoxy groups -OCH3 is 1. The van der Waals surface area contributed by atoms with E-state index < -0.39 is 0 Å². The van der Waals surface area contributed by atoms with Crippen molar-refractivity contribution in [3.05, 3.63) is 52.8 Å². The van der Waals surface area contributed by atoms with E-state index in [1.165, 1.54) is 0 Å². The van der Waals surface area contributed by atoms with Gasteiger partial charge in [0.1, 0.15) is 5.75 Å². The van der Waals surface area contributed by atoms with E-state index in [1.807, 2.05) is 36.9 Å². The van der Waals surface area contributed by atoms with Crippen LogP contribution in [0, 0.1) is 13.8 Å². The Labute approximate surface area is 153 Å². The zero-order valence-electron chi connectivity index (χ0n) is 15.5. The molecule has 0 aliphatic carbocycles. The summed E-state index contributed by atoms with van der Waals surface area (Å²) in [4.78, 5) is 32.5. The van der Waals surface area contributed by atoms with Gasteiger partial charge in [-0.1, -0.05) is 12.1 Å². The quantitative estimate of drug-likeness (QED) is 0.920. The average molecular weight is 355 g/mol. The molecule has 1 aliphatic rings. The first-order chi connectivity index (χ1) is 12.5. The number of nitrogens with one attached hydrogen (secondary N) is 1. The number of aryl methyl sites for hydroxylation is 2. The normalized spacial score (nSPS) is 14.9. The van der Waals surface area contributed by atoms with Crippen LogP contribution < -0.4 is 4.74 Å². The van der Waals surface area contributed by atoms with Crippen LogP contribution in [-0.4, -0.2) is 59.9 Å². The number of rotatable bonds is 3. The maximum absolute atomic E-state index is 12.9. The molecule has 6 nitrogen and oxygen atoms in total. The number of benzene rings is 1. The fourth-order valence-corrected chi connectivity index (χ4v) is 3.43. The maximum atomic E-state index is 12.9. The fourth-order valence-electron chi connectivity index (χ4n) is 3.43. The van der Waals surface area contributed by atoms with Crippen molar-refractivity contribution in [2.24, 2.45) is 0 Å². The second kappa shape index (κ2) is 7.64. The highest BCUT2D eigenvalue weighted by Crippen LogP contribution is 2.21. The Balaban J connectivity index is 1.71. The van der Waals surface area contributed by atoms with Crippen LogP contribution in [0.2, 0.25) is 0 Å². The van der Waals surface area contributed by atoms with Crippen molar-refractivity contribution in [2.45, 2.75) is 20.3 Å². The van der Waals surface area contributed by atoms with Crippen molar-refractivity contribution < 1.29 is 14.3 Å². The molecule has 2 amide bonds. The summed E-state index contributed by atoms with van der Waals surface area (Å²) in [5.41, 5.74) is 3.14. The van der Waals surface area contributed by atoms with Crippen LogP contribution in [0.3, 0.4) is 0 Å². The summed E-state index contributed by atoms with van der Waals surface area (Å²) in [7, 11) is 1.57. The number of hydrogen-bond donors (Lipinski definition) is 1. The van der Waals surface area contributed by atoms with E-state index in [9.17, 15) is 9.59 Å². The smallest absolute Gasteiger partial charge is 0.257 e. The van der Waals surface area contributed by atoms with Gasteiger partial charge in [0.05, 0.1) is 18.2 Å². The molecule has 2 aromatic rings. The van der Waals surface area contributed by atoms with Crippen LogP contribution in [0.1, 0.15) is 38.5 Å². The maximum Gasteiger partial charge on any atom is 0.257 e. The van der Waals surface area contributed by atoms with Crippen LogP contribution in [0.25, 0.3) is 0 Å². The zero-order valence-corrected chi connectivity index (χ0v) is 15.5. The molecule has 0 atom stereocenters. The van der Waals surface area contributed by atoms with Gasteiger partial charge in [-0.2, -0.15) is 0 Å². The molecule has 1 aromatic carbocycles. The van der Waals surface area contributed by atoms with Gasteiger partial charge < -0.3 is 19.5 Å². The van der Waals surface area contributed by atoms with E-state index in [2.05, 4.69) is 4.98 Å². The Morgan fingerprint density at radius 1 is 0.962 bits per heavy atom. The Kier molecular flexibility index (Phi) is 5.30. The van der Waals surface area contributed by atoms with Crippen LogP contribution >= 0.6 is 0 Å². The molecule has 1 saturated heterocycles. The molecule has 26 heavy (non-hydrogen) atoms. The lowest BCUT2D eigenvalue weighted by Crippen LogP contribution is -2.37. The lowest BCUT2D eigenvalue weighted by Gasteiger charge is -2.23. The lowest BCUT2D eigenvalue weighted by atomic mass is 10.1. The minimum absolute atomic E-state index is 0.0263. The number of aromatic amines is 1. The number of para-hydroxylation sites is 1. The highest BCUT2D eigenvalue weighted by atomic mass is 16.5. The van der Waals surface area contributed by atoms with E-state index in [4.69, 9.17) is 4.74 Å². The summed E-state index contributed by atoms with van der Waals surface area (Å²) in [5.74, 6) is 0.553. The molecule has 2 heterocycles. The Hall–Kier alpha value is -2.76. The molecule has 1 aromatic heterocycles. The molecule has 0 unspecified atom stereocenters. The first-order valence-electron chi connectivity index (χ1n) is 8.89. The molecule has 138 valence electrons. The van der Waals surface area contributed by atoms with Gasteiger partial charge in [-0.05, 0) is 38.5 Å². The number of carbonyl (C=O) groups excluding carboxylic acids is 2. The van der Waals surface area contributed by atoms with Crippen molar-refractivity contribution in [1.29, 1.82) is 0 Å². The molecular formula is C20H25N3O3. The van der Waals surface area contributed by atoms with Crippen molar-refractivity contribution in [1.82, 2.24) is 14.8 Å². The van der Waals surface area contributed by atoms with Gasteiger partial charge in [0.15, 0.2) is 0 Å². The molecule has 1 N–H and O–H groups in total. The third-order valence-corrected chi connectivity index (χ3v) is 4.79. The summed E-state index contributed by atoms with van der Waals surface area (Å²) in [5, 5.41) is 0. The van der Waals surface area contributed by atoms with Crippen LogP contribution in [0.15, 0.2) is 30.3 Å². The Morgan fingerprint density at radius 2 is 1.58 bits per heavy atom. The first-order valence-corrected chi connectivity index (χ1v) is 8.89. The van der Waals surface area contributed by atoms with Gasteiger partial charge in [0.25, 0.3) is 11.8 Å². The predicted octanol–water partition coefficient (Wildman–Crippen LogP) is 2.63. The van der Waals surface area contributed by atoms with Gasteiger partial charge in [0, 0.05) is 37.6 Å². The standard InChI is InChI=1S/C20H25N3O3/c1-14-13-17(15(2)21-14)20(25)23-10-6-9-22(11-12-23)19(24)16-7-4-5-8-18(16)26-3/h4-5,7-8,13,21H,6,9-12H2,1-3H3. The third kappa shape index (κ3) is 3.59. The molecule has 0 bridgehead atoms. The van der Waals surface area contributed by atoms with Crippen LogP contribution in [0.5, 0.6) is 5.75 Å². The van der Waals surface area contributed by atoms with E-state index in [0.29, 0.717) is 43.1 Å². The molecule has 0 spiro atoms. The van der Waals surface area contributed by atoms with Crippen LogP contribution in [-0.2, 0) is 0 Å². The van der Waals surface area contributed by atoms with Gasteiger partial charge in [-0.3, -0.25) is 9.59 Å². The molecule has 0 saturated carbocycles. The predicted molar refractivity (Wildman–Crippen MR) is 99.7 cm³/mol. The average Bonchev–Trinajstić information content (AvgIpc) is 2.85. The summed E-state index contributed by atoms with van der Waals surface area (Å²) < 4.78 is 5.31. The van der Waals surface area contributed by atoms with Crippen molar-refractivity contribution in [3.8, 4) is 5.75 Å². The number of aromatic nitrogens is 1. The molecule has 6 heteroatoms. The third-order valence-electron chi connectivity index (χ3n) is 4.79. The van der Waals surface area contributed by atoms with Gasteiger partial charge in [-0.15, -0.1) is 0 Å². The number of amides is 2. The second-order valence-electron chi connectivity index (χ2n) is 6.63. The fraction of sp³-hybridized carbons (Fsp3) is 0.400. The van der Waals surface area contributed by atoms with Crippen molar-refractivity contribution in [2.75, 3.05) is 33.3 Å². The SMILES string of the molecule is COc1ccccc1C(=O)N1CCCN(C(=O)c2cc(C)[nH]c2C)CC1.